The Labute approximate surface area is 117 Å². The van der Waals surface area contributed by atoms with E-state index in [0.717, 1.165) is 9.37 Å². The minimum atomic E-state index is -0.937. The van der Waals surface area contributed by atoms with Crippen LogP contribution in [0.25, 0.3) is 10.9 Å². The van der Waals surface area contributed by atoms with E-state index >= 15 is 0 Å². The van der Waals surface area contributed by atoms with E-state index in [2.05, 4.69) is 9.97 Å². The Bertz CT molecular complexity index is 741. The highest BCUT2D eigenvalue weighted by molar-refractivity contribution is 8.01. The van der Waals surface area contributed by atoms with Crippen molar-refractivity contribution in [3.63, 3.8) is 0 Å². The first-order chi connectivity index (χ1) is 9.24. The summed E-state index contributed by atoms with van der Waals surface area (Å²) in [7, 11) is 0. The summed E-state index contributed by atoms with van der Waals surface area (Å²) in [6.45, 7) is 0. The average Bonchev–Trinajstić information content (AvgIpc) is 2.90. The van der Waals surface area contributed by atoms with Crippen molar-refractivity contribution in [1.82, 2.24) is 9.97 Å². The summed E-state index contributed by atoms with van der Waals surface area (Å²) >= 11 is 3.02. The maximum absolute atomic E-state index is 11.1. The standard InChI is InChI=1S/C13H8N2O2S2/c16-12(17)9-2-1-3-10-8(9)4-5-11(15-10)19-13-14-6-7-18-13/h1-7H,(H,16,17). The van der Waals surface area contributed by atoms with Gasteiger partial charge < -0.3 is 5.11 Å². The number of nitrogens with zero attached hydrogens (tertiary/aromatic N) is 2. The van der Waals surface area contributed by atoms with E-state index in [4.69, 9.17) is 5.11 Å². The molecule has 3 rings (SSSR count). The number of fused-ring (bicyclic) bond motifs is 1. The van der Waals surface area contributed by atoms with Gasteiger partial charge in [0, 0.05) is 17.0 Å². The lowest BCUT2D eigenvalue weighted by atomic mass is 10.1. The van der Waals surface area contributed by atoms with Gasteiger partial charge in [0.2, 0.25) is 0 Å². The molecule has 0 bridgehead atoms. The molecule has 0 spiro atoms. The molecule has 0 saturated heterocycles. The van der Waals surface area contributed by atoms with Gasteiger partial charge in [0.25, 0.3) is 0 Å². The number of pyridine rings is 1. The second-order valence-electron chi connectivity index (χ2n) is 3.73. The second-order valence-corrected chi connectivity index (χ2v) is 5.89. The lowest BCUT2D eigenvalue weighted by Crippen LogP contribution is -1.97. The second kappa shape index (κ2) is 4.99. The number of hydrogen-bond donors (Lipinski definition) is 1. The van der Waals surface area contributed by atoms with Crippen LogP contribution in [0.15, 0.2) is 51.3 Å². The van der Waals surface area contributed by atoms with Crippen molar-refractivity contribution in [2.24, 2.45) is 0 Å². The van der Waals surface area contributed by atoms with E-state index in [1.54, 1.807) is 35.7 Å². The number of carboxylic acid groups (broad SMARTS) is 1. The normalized spacial score (nSPS) is 10.7. The molecule has 0 saturated carbocycles. The molecule has 0 radical (unpaired) electrons. The Hall–Kier alpha value is -1.92. The molecule has 2 heterocycles. The van der Waals surface area contributed by atoms with Gasteiger partial charge in [-0.25, -0.2) is 14.8 Å². The van der Waals surface area contributed by atoms with Crippen LogP contribution in [0.3, 0.4) is 0 Å². The van der Waals surface area contributed by atoms with Gasteiger partial charge in [-0.05, 0) is 36.0 Å². The fraction of sp³-hybridized carbons (Fsp3) is 0. The number of thiazole rings is 1. The SMILES string of the molecule is O=C(O)c1cccc2nc(Sc3nccs3)ccc12. The predicted octanol–water partition coefficient (Wildman–Crippen LogP) is 3.54. The molecule has 19 heavy (non-hydrogen) atoms. The van der Waals surface area contributed by atoms with E-state index in [1.165, 1.54) is 11.8 Å². The third kappa shape index (κ3) is 2.45. The molecular formula is C13H8N2O2S2. The summed E-state index contributed by atoms with van der Waals surface area (Å²) in [6.07, 6.45) is 1.75. The molecule has 0 aliphatic rings. The maximum Gasteiger partial charge on any atom is 0.336 e. The Morgan fingerprint density at radius 2 is 2.16 bits per heavy atom. The maximum atomic E-state index is 11.1. The number of carbonyl (C=O) groups is 1. The van der Waals surface area contributed by atoms with Crippen molar-refractivity contribution in [3.05, 3.63) is 47.5 Å². The van der Waals surface area contributed by atoms with Gasteiger partial charge in [-0.3, -0.25) is 0 Å². The molecule has 6 heteroatoms. The van der Waals surface area contributed by atoms with E-state index in [1.807, 2.05) is 17.5 Å². The number of carboxylic acids is 1. The molecule has 0 fully saturated rings. The van der Waals surface area contributed by atoms with Crippen LogP contribution in [0.2, 0.25) is 0 Å². The average molecular weight is 288 g/mol. The lowest BCUT2D eigenvalue weighted by Gasteiger charge is -2.03. The Balaban J connectivity index is 2.04. The monoisotopic (exact) mass is 288 g/mol. The van der Waals surface area contributed by atoms with Crippen LogP contribution in [-0.4, -0.2) is 21.0 Å². The zero-order valence-corrected chi connectivity index (χ0v) is 11.2. The Morgan fingerprint density at radius 3 is 2.89 bits per heavy atom. The molecule has 1 aromatic carbocycles. The van der Waals surface area contributed by atoms with Crippen LogP contribution < -0.4 is 0 Å². The fourth-order valence-electron chi connectivity index (χ4n) is 1.73. The van der Waals surface area contributed by atoms with Crippen LogP contribution in [0, 0.1) is 0 Å². The number of aromatic nitrogens is 2. The molecular weight excluding hydrogens is 280 g/mol. The topological polar surface area (TPSA) is 63.1 Å². The van der Waals surface area contributed by atoms with Gasteiger partial charge in [0.15, 0.2) is 4.34 Å². The van der Waals surface area contributed by atoms with Crippen molar-refractivity contribution in [2.75, 3.05) is 0 Å². The molecule has 4 nitrogen and oxygen atoms in total. The van der Waals surface area contributed by atoms with E-state index in [-0.39, 0.29) is 5.56 Å². The van der Waals surface area contributed by atoms with Crippen molar-refractivity contribution in [3.8, 4) is 0 Å². The van der Waals surface area contributed by atoms with Crippen LogP contribution in [0.1, 0.15) is 10.4 Å². The third-order valence-electron chi connectivity index (χ3n) is 2.54. The first-order valence-electron chi connectivity index (χ1n) is 5.44. The van der Waals surface area contributed by atoms with Crippen molar-refractivity contribution < 1.29 is 9.90 Å². The van der Waals surface area contributed by atoms with Gasteiger partial charge in [0.1, 0.15) is 5.03 Å². The zero-order chi connectivity index (χ0) is 13.2. The van der Waals surface area contributed by atoms with Gasteiger partial charge in [-0.15, -0.1) is 11.3 Å². The summed E-state index contributed by atoms with van der Waals surface area (Å²) in [5.74, 6) is -0.937. The van der Waals surface area contributed by atoms with Crippen LogP contribution in [0.5, 0.6) is 0 Å². The highest BCUT2D eigenvalue weighted by atomic mass is 32.2. The lowest BCUT2D eigenvalue weighted by molar-refractivity contribution is 0.0699. The predicted molar refractivity (Wildman–Crippen MR) is 74.9 cm³/mol. The van der Waals surface area contributed by atoms with Gasteiger partial charge in [-0.1, -0.05) is 6.07 Å². The highest BCUT2D eigenvalue weighted by Gasteiger charge is 2.09. The van der Waals surface area contributed by atoms with Gasteiger partial charge in [-0.2, -0.15) is 0 Å². The zero-order valence-electron chi connectivity index (χ0n) is 9.61. The van der Waals surface area contributed by atoms with Gasteiger partial charge >= 0.3 is 5.97 Å². The number of hydrogen-bond acceptors (Lipinski definition) is 5. The summed E-state index contributed by atoms with van der Waals surface area (Å²) in [5, 5.41) is 12.5. The molecule has 2 aromatic heterocycles. The third-order valence-corrected chi connectivity index (χ3v) is 4.36. The number of rotatable bonds is 3. The minimum Gasteiger partial charge on any atom is -0.478 e. The first kappa shape index (κ1) is 12.1. The largest absolute Gasteiger partial charge is 0.478 e. The molecule has 1 N–H and O–H groups in total. The Kier molecular flexibility index (Phi) is 3.18. The highest BCUT2D eigenvalue weighted by Crippen LogP contribution is 2.29. The molecule has 0 aliphatic heterocycles. The van der Waals surface area contributed by atoms with Crippen LogP contribution in [-0.2, 0) is 0 Å². The van der Waals surface area contributed by atoms with E-state index in [9.17, 15) is 4.79 Å². The van der Waals surface area contributed by atoms with Crippen molar-refractivity contribution in [2.45, 2.75) is 9.37 Å². The summed E-state index contributed by atoms with van der Waals surface area (Å²) in [6, 6.07) is 8.72. The first-order valence-corrected chi connectivity index (χ1v) is 7.14. The van der Waals surface area contributed by atoms with Crippen molar-refractivity contribution >= 4 is 40.0 Å². The minimum absolute atomic E-state index is 0.274. The fourth-order valence-corrected chi connectivity index (χ4v) is 3.28. The Morgan fingerprint density at radius 1 is 1.26 bits per heavy atom. The van der Waals surface area contributed by atoms with Crippen LogP contribution in [0.4, 0.5) is 0 Å². The molecule has 0 atom stereocenters. The van der Waals surface area contributed by atoms with Gasteiger partial charge in [0.05, 0.1) is 11.1 Å². The molecule has 0 aliphatic carbocycles. The molecule has 94 valence electrons. The van der Waals surface area contributed by atoms with Crippen molar-refractivity contribution in [1.29, 1.82) is 0 Å². The van der Waals surface area contributed by atoms with Crippen LogP contribution >= 0.6 is 23.1 Å². The molecule has 0 amide bonds. The van der Waals surface area contributed by atoms with E-state index < -0.39 is 5.97 Å². The summed E-state index contributed by atoms with van der Waals surface area (Å²) in [5.41, 5.74) is 0.956. The number of aromatic carboxylic acids is 1. The number of benzene rings is 1. The molecule has 3 aromatic rings. The summed E-state index contributed by atoms with van der Waals surface area (Å²) in [4.78, 5) is 19.8. The summed E-state index contributed by atoms with van der Waals surface area (Å²) < 4.78 is 0.918. The smallest absolute Gasteiger partial charge is 0.336 e. The quantitative estimate of drug-likeness (QED) is 0.798. The van der Waals surface area contributed by atoms with E-state index in [0.29, 0.717) is 10.9 Å². The molecule has 0 unspecified atom stereocenters.